The topological polar surface area (TPSA) is 73.4 Å². The zero-order chi connectivity index (χ0) is 15.0. The van der Waals surface area contributed by atoms with E-state index >= 15 is 0 Å². The number of benzene rings is 1. The first-order valence-corrected chi connectivity index (χ1v) is 8.35. The Balaban J connectivity index is 2.05. The Kier molecular flexibility index (Phi) is 3.44. The maximum absolute atomic E-state index is 11.3. The van der Waals surface area contributed by atoms with E-state index in [-0.39, 0.29) is 5.78 Å². The first kappa shape index (κ1) is 14.1. The molecular weight excluding hydrogens is 288 g/mol. The van der Waals surface area contributed by atoms with Crippen LogP contribution in [0.2, 0.25) is 0 Å². The van der Waals surface area contributed by atoms with Gasteiger partial charge in [0.1, 0.15) is 12.3 Å². The molecule has 2 aromatic rings. The Morgan fingerprint density at radius 1 is 1.24 bits per heavy atom. The first-order valence-electron chi connectivity index (χ1n) is 6.64. The number of pyridine rings is 1. The molecule has 1 aliphatic heterocycles. The summed E-state index contributed by atoms with van der Waals surface area (Å²) in [5, 5.41) is 0. The lowest BCUT2D eigenvalue weighted by Crippen LogP contribution is -2.45. The van der Waals surface area contributed by atoms with Crippen LogP contribution in [-0.2, 0) is 6.54 Å². The summed E-state index contributed by atoms with van der Waals surface area (Å²) in [6.45, 7) is 2.09. The fraction of sp³-hybridized carbons (Fsp3) is 0.200. The van der Waals surface area contributed by atoms with Gasteiger partial charge < -0.3 is 0 Å². The zero-order valence-corrected chi connectivity index (χ0v) is 12.4. The van der Waals surface area contributed by atoms with Gasteiger partial charge in [0.25, 0.3) is 0 Å². The summed E-state index contributed by atoms with van der Waals surface area (Å²) in [7, 11) is -2.77. The van der Waals surface area contributed by atoms with Crippen LogP contribution in [0.4, 0.5) is 5.82 Å². The summed E-state index contributed by atoms with van der Waals surface area (Å²) in [5.41, 5.74) is 2.47. The maximum atomic E-state index is 11.3. The highest BCUT2D eigenvalue weighted by Gasteiger charge is 2.30. The average molecular weight is 305 g/mol. The second-order valence-corrected chi connectivity index (χ2v) is 7.02. The van der Waals surface area contributed by atoms with E-state index in [0.717, 1.165) is 11.1 Å². The van der Waals surface area contributed by atoms with E-state index in [0.29, 0.717) is 23.7 Å². The Morgan fingerprint density at radius 3 is 2.62 bits per heavy atom. The van der Waals surface area contributed by atoms with E-state index in [1.165, 1.54) is 6.92 Å². The number of aromatic nitrogens is 1. The number of Topliss-reactive ketones (excluding diaryl/α,β-unsaturated/α-hetero) is 1. The molecule has 0 bridgehead atoms. The van der Waals surface area contributed by atoms with Gasteiger partial charge in [-0.2, -0.15) is 4.72 Å². The monoisotopic (exact) mass is 305 g/mol. The minimum Gasteiger partial charge on any atom is -0.295 e. The van der Waals surface area contributed by atoms with Crippen molar-refractivity contribution in [3.05, 3.63) is 48.2 Å². The summed E-state index contributed by atoms with van der Waals surface area (Å²) >= 11 is 0. The van der Waals surface area contributed by atoms with Gasteiger partial charge in [-0.15, -0.1) is 0 Å². The van der Waals surface area contributed by atoms with E-state index in [1.54, 1.807) is 12.1 Å². The number of hydrogen-bond donors (Lipinski definition) is 3. The van der Waals surface area contributed by atoms with Gasteiger partial charge in [0.15, 0.2) is 5.78 Å². The molecule has 0 atom stereocenters. The van der Waals surface area contributed by atoms with Crippen molar-refractivity contribution in [2.45, 2.75) is 13.5 Å². The summed E-state index contributed by atoms with van der Waals surface area (Å²) in [5.74, 6) is 1.02. The SMILES string of the molecule is CC(=O)c1ccc(-c2ccc[n+]3c2NS(O)(O)CC3)cc1. The van der Waals surface area contributed by atoms with Gasteiger partial charge >= 0.3 is 5.82 Å². The van der Waals surface area contributed by atoms with Crippen LogP contribution in [0, 0.1) is 0 Å². The van der Waals surface area contributed by atoms with Crippen molar-refractivity contribution in [1.82, 2.24) is 0 Å². The number of fused-ring (bicyclic) bond motifs is 1. The predicted molar refractivity (Wildman–Crippen MR) is 83.4 cm³/mol. The van der Waals surface area contributed by atoms with Crippen molar-refractivity contribution in [3.8, 4) is 11.1 Å². The van der Waals surface area contributed by atoms with Crippen LogP contribution in [0.1, 0.15) is 17.3 Å². The molecule has 5 nitrogen and oxygen atoms in total. The van der Waals surface area contributed by atoms with Crippen LogP contribution in [0.25, 0.3) is 11.1 Å². The first-order chi connectivity index (χ1) is 9.96. The van der Waals surface area contributed by atoms with Crippen molar-refractivity contribution in [2.24, 2.45) is 0 Å². The van der Waals surface area contributed by atoms with E-state index < -0.39 is 10.8 Å². The number of nitrogens with zero attached hydrogens (tertiary/aromatic N) is 1. The molecule has 21 heavy (non-hydrogen) atoms. The number of ketones is 1. The van der Waals surface area contributed by atoms with Gasteiger partial charge in [-0.25, -0.2) is 4.57 Å². The smallest absolute Gasteiger partial charge is 0.295 e. The molecule has 0 saturated carbocycles. The normalized spacial score (nSPS) is 17.5. The lowest BCUT2D eigenvalue weighted by atomic mass is 10.0. The second kappa shape index (κ2) is 5.14. The zero-order valence-electron chi connectivity index (χ0n) is 11.6. The Hall–Kier alpha value is -1.89. The highest BCUT2D eigenvalue weighted by Crippen LogP contribution is 2.42. The molecule has 3 rings (SSSR count). The van der Waals surface area contributed by atoms with Crippen LogP contribution in [0.3, 0.4) is 0 Å². The van der Waals surface area contributed by atoms with Gasteiger partial charge in [0, 0.05) is 5.56 Å². The summed E-state index contributed by atoms with van der Waals surface area (Å²) in [4.78, 5) is 11.3. The molecule has 0 amide bonds. The molecule has 1 aromatic carbocycles. The number of nitrogens with one attached hydrogen (secondary N) is 1. The number of rotatable bonds is 2. The van der Waals surface area contributed by atoms with Crippen LogP contribution < -0.4 is 9.29 Å². The number of hydrogen-bond acceptors (Lipinski definition) is 4. The van der Waals surface area contributed by atoms with Crippen molar-refractivity contribution < 1.29 is 18.5 Å². The predicted octanol–water partition coefficient (Wildman–Crippen LogP) is 2.93. The fourth-order valence-corrected chi connectivity index (χ4v) is 3.49. The molecule has 6 heteroatoms. The van der Waals surface area contributed by atoms with E-state index in [2.05, 4.69) is 4.72 Å². The lowest BCUT2D eigenvalue weighted by Gasteiger charge is -2.32. The largest absolute Gasteiger partial charge is 0.304 e. The summed E-state index contributed by atoms with van der Waals surface area (Å²) < 4.78 is 24.6. The van der Waals surface area contributed by atoms with Crippen LogP contribution in [-0.4, -0.2) is 20.6 Å². The summed E-state index contributed by atoms with van der Waals surface area (Å²) in [6, 6.07) is 11.1. The Bertz CT molecular complexity index is 699. The minimum absolute atomic E-state index is 0.0262. The van der Waals surface area contributed by atoms with Gasteiger partial charge in [-0.3, -0.25) is 13.9 Å². The molecular formula is C15H17N2O3S+. The van der Waals surface area contributed by atoms with Crippen LogP contribution >= 0.6 is 10.8 Å². The Labute approximate surface area is 124 Å². The third-order valence-corrected chi connectivity index (χ3v) is 4.82. The maximum Gasteiger partial charge on any atom is 0.304 e. The van der Waals surface area contributed by atoms with Gasteiger partial charge in [-0.1, -0.05) is 35.0 Å². The number of aryl methyl sites for hydroxylation is 1. The molecule has 110 valence electrons. The highest BCUT2D eigenvalue weighted by atomic mass is 32.3. The third kappa shape index (κ3) is 2.78. The van der Waals surface area contributed by atoms with Crippen molar-refractivity contribution in [1.29, 1.82) is 0 Å². The number of carbonyl (C=O) groups is 1. The molecule has 0 aliphatic carbocycles. The molecule has 3 N–H and O–H groups in total. The van der Waals surface area contributed by atoms with E-state index in [1.807, 2.05) is 35.0 Å². The average Bonchev–Trinajstić information content (AvgIpc) is 2.46. The van der Waals surface area contributed by atoms with E-state index in [9.17, 15) is 13.9 Å². The molecule has 0 unspecified atom stereocenters. The molecule has 2 heterocycles. The van der Waals surface area contributed by atoms with E-state index in [4.69, 9.17) is 0 Å². The van der Waals surface area contributed by atoms with Crippen LogP contribution in [0.15, 0.2) is 42.6 Å². The molecule has 0 saturated heterocycles. The van der Waals surface area contributed by atoms with Gasteiger partial charge in [0.05, 0.1) is 11.8 Å². The van der Waals surface area contributed by atoms with Crippen molar-refractivity contribution in [3.63, 3.8) is 0 Å². The summed E-state index contributed by atoms with van der Waals surface area (Å²) in [6.07, 6.45) is 1.91. The third-order valence-electron chi connectivity index (χ3n) is 3.55. The fourth-order valence-electron chi connectivity index (χ4n) is 2.40. The molecule has 0 fully saturated rings. The van der Waals surface area contributed by atoms with Crippen LogP contribution in [0.5, 0.6) is 0 Å². The lowest BCUT2D eigenvalue weighted by molar-refractivity contribution is -0.679. The standard InChI is InChI=1S/C15H16N2O3S/c1-11(18)12-4-6-13(7-5-12)14-3-2-8-17-9-10-21(19,20)16-15(14)17/h2-8,19-20H,9-10H2,1H3/p+1. The highest BCUT2D eigenvalue weighted by molar-refractivity contribution is 8.25. The number of anilines is 1. The van der Waals surface area contributed by atoms with Crippen molar-refractivity contribution >= 4 is 22.4 Å². The number of carbonyl (C=O) groups excluding carboxylic acids is 1. The molecule has 1 aromatic heterocycles. The molecule has 0 spiro atoms. The molecule has 1 aliphatic rings. The van der Waals surface area contributed by atoms with Gasteiger partial charge in [-0.05, 0) is 24.6 Å². The van der Waals surface area contributed by atoms with Gasteiger partial charge in [0.2, 0.25) is 0 Å². The minimum atomic E-state index is -2.77. The quantitative estimate of drug-likeness (QED) is 0.589. The second-order valence-electron chi connectivity index (χ2n) is 5.07. The Morgan fingerprint density at radius 2 is 1.95 bits per heavy atom. The van der Waals surface area contributed by atoms with Crippen molar-refractivity contribution in [2.75, 3.05) is 10.5 Å². The molecule has 0 radical (unpaired) electrons.